The molecule has 0 saturated carbocycles. The van der Waals surface area contributed by atoms with Crippen molar-refractivity contribution in [3.63, 3.8) is 0 Å². The molecule has 1 heterocycles. The molecule has 0 fully saturated rings. The number of rotatable bonds is 8. The SMILES string of the molecule is O=C(NCCC1=CCCCC1)c1cccc(S(=O)(=O)NCc2ccco2)c1. The third kappa shape index (κ3) is 5.55. The summed E-state index contributed by atoms with van der Waals surface area (Å²) in [7, 11) is -3.73. The van der Waals surface area contributed by atoms with Gasteiger partial charge >= 0.3 is 0 Å². The predicted molar refractivity (Wildman–Crippen MR) is 103 cm³/mol. The lowest BCUT2D eigenvalue weighted by molar-refractivity contribution is 0.0954. The predicted octanol–water partition coefficient (Wildman–Crippen LogP) is 3.38. The van der Waals surface area contributed by atoms with Crippen LogP contribution in [0.25, 0.3) is 0 Å². The highest BCUT2D eigenvalue weighted by atomic mass is 32.2. The van der Waals surface area contributed by atoms with Crippen LogP contribution in [0.1, 0.15) is 48.2 Å². The third-order valence-electron chi connectivity index (χ3n) is 4.54. The van der Waals surface area contributed by atoms with Gasteiger partial charge in [-0.1, -0.05) is 17.7 Å². The molecule has 6 nitrogen and oxygen atoms in total. The molecule has 1 aliphatic rings. The van der Waals surface area contributed by atoms with Crippen molar-refractivity contribution in [3.8, 4) is 0 Å². The lowest BCUT2D eigenvalue weighted by Gasteiger charge is -2.13. The van der Waals surface area contributed by atoms with E-state index in [9.17, 15) is 13.2 Å². The van der Waals surface area contributed by atoms with Gasteiger partial charge < -0.3 is 9.73 Å². The van der Waals surface area contributed by atoms with Crippen molar-refractivity contribution >= 4 is 15.9 Å². The van der Waals surface area contributed by atoms with Gasteiger partial charge in [-0.15, -0.1) is 0 Å². The summed E-state index contributed by atoms with van der Waals surface area (Å²) in [5.74, 6) is 0.249. The van der Waals surface area contributed by atoms with Gasteiger partial charge in [0, 0.05) is 12.1 Å². The van der Waals surface area contributed by atoms with Gasteiger partial charge in [0.15, 0.2) is 0 Å². The number of nitrogens with one attached hydrogen (secondary N) is 2. The van der Waals surface area contributed by atoms with Gasteiger partial charge in [-0.25, -0.2) is 13.1 Å². The van der Waals surface area contributed by atoms with Crippen LogP contribution in [-0.4, -0.2) is 20.9 Å². The molecule has 1 aromatic carbocycles. The Balaban J connectivity index is 1.58. The van der Waals surface area contributed by atoms with Crippen molar-refractivity contribution in [1.29, 1.82) is 0 Å². The van der Waals surface area contributed by atoms with Crippen molar-refractivity contribution in [2.45, 2.75) is 43.5 Å². The Kier molecular flexibility index (Phi) is 6.47. The second-order valence-electron chi connectivity index (χ2n) is 6.55. The highest BCUT2D eigenvalue weighted by molar-refractivity contribution is 7.89. The molecule has 0 radical (unpaired) electrons. The maximum absolute atomic E-state index is 12.4. The number of hydrogen-bond acceptors (Lipinski definition) is 4. The van der Waals surface area contributed by atoms with E-state index < -0.39 is 10.0 Å². The molecular weight excluding hydrogens is 364 g/mol. The van der Waals surface area contributed by atoms with Gasteiger partial charge in [-0.3, -0.25) is 4.79 Å². The highest BCUT2D eigenvalue weighted by Gasteiger charge is 2.16. The van der Waals surface area contributed by atoms with E-state index in [1.54, 1.807) is 24.3 Å². The van der Waals surface area contributed by atoms with Crippen LogP contribution in [-0.2, 0) is 16.6 Å². The molecule has 0 unspecified atom stereocenters. The van der Waals surface area contributed by atoms with Gasteiger partial charge in [-0.2, -0.15) is 0 Å². The summed E-state index contributed by atoms with van der Waals surface area (Å²) in [4.78, 5) is 12.4. The van der Waals surface area contributed by atoms with Crippen LogP contribution in [0.15, 0.2) is 63.6 Å². The Morgan fingerprint density at radius 1 is 1.15 bits per heavy atom. The fraction of sp³-hybridized carbons (Fsp3) is 0.350. The van der Waals surface area contributed by atoms with Gasteiger partial charge in [0.1, 0.15) is 5.76 Å². The number of amides is 1. The lowest BCUT2D eigenvalue weighted by atomic mass is 9.97. The average Bonchev–Trinajstić information content (AvgIpc) is 3.21. The molecule has 0 saturated heterocycles. The summed E-state index contributed by atoms with van der Waals surface area (Å²) >= 11 is 0. The molecule has 0 aliphatic heterocycles. The molecule has 1 aliphatic carbocycles. The standard InChI is InChI=1S/C20H24N2O4S/c23-20(21-12-11-16-6-2-1-3-7-16)17-8-4-10-19(14-17)27(24,25)22-15-18-9-5-13-26-18/h4-6,8-10,13-14,22H,1-3,7,11-12,15H2,(H,21,23). The monoisotopic (exact) mass is 388 g/mol. The molecule has 144 valence electrons. The zero-order valence-corrected chi connectivity index (χ0v) is 15.9. The van der Waals surface area contributed by atoms with E-state index in [0.717, 1.165) is 19.3 Å². The minimum Gasteiger partial charge on any atom is -0.468 e. The first kappa shape index (κ1) is 19.4. The largest absolute Gasteiger partial charge is 0.468 e. The van der Waals surface area contributed by atoms with Gasteiger partial charge in [-0.05, 0) is 62.4 Å². The van der Waals surface area contributed by atoms with E-state index in [4.69, 9.17) is 4.42 Å². The molecule has 0 atom stereocenters. The molecule has 1 amide bonds. The maximum Gasteiger partial charge on any atom is 0.251 e. The van der Waals surface area contributed by atoms with Crippen LogP contribution in [0.4, 0.5) is 0 Å². The summed E-state index contributed by atoms with van der Waals surface area (Å²) in [5, 5.41) is 2.87. The number of carbonyl (C=O) groups is 1. The van der Waals surface area contributed by atoms with E-state index in [-0.39, 0.29) is 17.3 Å². The van der Waals surface area contributed by atoms with Crippen LogP contribution in [0.5, 0.6) is 0 Å². The molecule has 0 spiro atoms. The summed E-state index contributed by atoms with van der Waals surface area (Å²) in [6, 6.07) is 9.42. The summed E-state index contributed by atoms with van der Waals surface area (Å²) in [6.45, 7) is 0.610. The summed E-state index contributed by atoms with van der Waals surface area (Å²) < 4.78 is 32.5. The quantitative estimate of drug-likeness (QED) is 0.679. The molecule has 27 heavy (non-hydrogen) atoms. The topological polar surface area (TPSA) is 88.4 Å². The first-order valence-corrected chi connectivity index (χ1v) is 10.6. The van der Waals surface area contributed by atoms with Crippen molar-refractivity contribution in [2.75, 3.05) is 6.54 Å². The smallest absolute Gasteiger partial charge is 0.251 e. The van der Waals surface area contributed by atoms with Gasteiger partial charge in [0.25, 0.3) is 5.91 Å². The fourth-order valence-corrected chi connectivity index (χ4v) is 4.08. The zero-order valence-electron chi connectivity index (χ0n) is 15.1. The number of sulfonamides is 1. The van der Waals surface area contributed by atoms with Crippen LogP contribution >= 0.6 is 0 Å². The van der Waals surface area contributed by atoms with Crippen molar-refractivity contribution < 1.29 is 17.6 Å². The minimum absolute atomic E-state index is 0.0525. The molecule has 7 heteroatoms. The lowest BCUT2D eigenvalue weighted by Crippen LogP contribution is -2.26. The Hall–Kier alpha value is -2.38. The van der Waals surface area contributed by atoms with E-state index in [1.807, 2.05) is 0 Å². The Bertz CT molecular complexity index is 902. The number of carbonyl (C=O) groups excluding carboxylic acids is 1. The highest BCUT2D eigenvalue weighted by Crippen LogP contribution is 2.19. The number of allylic oxidation sites excluding steroid dienone is 1. The molecular formula is C20H24N2O4S. The third-order valence-corrected chi connectivity index (χ3v) is 5.94. The van der Waals surface area contributed by atoms with Crippen LogP contribution in [0.3, 0.4) is 0 Å². The number of hydrogen-bond donors (Lipinski definition) is 2. The van der Waals surface area contributed by atoms with Crippen molar-refractivity contribution in [1.82, 2.24) is 10.0 Å². The first-order valence-electron chi connectivity index (χ1n) is 9.13. The normalized spacial score (nSPS) is 14.6. The molecule has 1 aromatic heterocycles. The Morgan fingerprint density at radius 2 is 2.04 bits per heavy atom. The zero-order chi connectivity index (χ0) is 19.1. The second kappa shape index (κ2) is 9.01. The van der Waals surface area contributed by atoms with Crippen LogP contribution < -0.4 is 10.0 Å². The molecule has 2 aromatic rings. The van der Waals surface area contributed by atoms with E-state index in [1.165, 1.54) is 36.8 Å². The van der Waals surface area contributed by atoms with Gasteiger partial charge in [0.2, 0.25) is 10.0 Å². The van der Waals surface area contributed by atoms with E-state index >= 15 is 0 Å². The van der Waals surface area contributed by atoms with E-state index in [2.05, 4.69) is 16.1 Å². The Labute approximate surface area is 159 Å². The van der Waals surface area contributed by atoms with E-state index in [0.29, 0.717) is 17.9 Å². The number of benzene rings is 1. The second-order valence-corrected chi connectivity index (χ2v) is 8.31. The molecule has 0 bridgehead atoms. The summed E-state index contributed by atoms with van der Waals surface area (Å²) in [6.07, 6.45) is 9.26. The minimum atomic E-state index is -3.73. The van der Waals surface area contributed by atoms with Crippen LogP contribution in [0, 0.1) is 0 Å². The average molecular weight is 388 g/mol. The number of furan rings is 1. The van der Waals surface area contributed by atoms with Crippen molar-refractivity contribution in [2.24, 2.45) is 0 Å². The fourth-order valence-electron chi connectivity index (χ4n) is 3.04. The Morgan fingerprint density at radius 3 is 2.78 bits per heavy atom. The molecule has 2 N–H and O–H groups in total. The van der Waals surface area contributed by atoms with Gasteiger partial charge in [0.05, 0.1) is 17.7 Å². The maximum atomic E-state index is 12.4. The van der Waals surface area contributed by atoms with Crippen molar-refractivity contribution in [3.05, 3.63) is 65.6 Å². The summed E-state index contributed by atoms with van der Waals surface area (Å²) in [5.41, 5.74) is 1.72. The first-order chi connectivity index (χ1) is 13.0. The van der Waals surface area contributed by atoms with Crippen LogP contribution in [0.2, 0.25) is 0 Å². The molecule has 3 rings (SSSR count).